The lowest BCUT2D eigenvalue weighted by Crippen LogP contribution is -2.33. The van der Waals surface area contributed by atoms with E-state index in [4.69, 9.17) is 21.7 Å². The molecule has 0 aromatic carbocycles. The molecule has 0 atom stereocenters. The molecule has 0 aliphatic carbocycles. The number of allylic oxidation sites excluding steroid dienone is 1. The molecule has 0 saturated heterocycles. The fourth-order valence-electron chi connectivity index (χ4n) is 1.71. The number of amides is 1. The molecule has 0 aliphatic rings. The molecule has 0 bridgehead atoms. The van der Waals surface area contributed by atoms with Crippen molar-refractivity contribution in [3.63, 3.8) is 0 Å². The molecule has 144 valence electrons. The lowest BCUT2D eigenvalue weighted by atomic mass is 10.4. The number of alkyl halides is 3. The van der Waals surface area contributed by atoms with E-state index >= 15 is 0 Å². The molecular formula is C15H18ClF3N4O2S. The highest BCUT2D eigenvalue weighted by Crippen LogP contribution is 2.21. The van der Waals surface area contributed by atoms with E-state index in [-0.39, 0.29) is 24.6 Å². The van der Waals surface area contributed by atoms with Gasteiger partial charge in [-0.1, -0.05) is 11.6 Å². The van der Waals surface area contributed by atoms with Crippen molar-refractivity contribution in [2.24, 2.45) is 0 Å². The number of hydrogen-bond acceptors (Lipinski definition) is 6. The van der Waals surface area contributed by atoms with Crippen LogP contribution in [0.1, 0.15) is 6.92 Å². The van der Waals surface area contributed by atoms with Gasteiger partial charge in [0.2, 0.25) is 0 Å². The van der Waals surface area contributed by atoms with Crippen LogP contribution < -0.4 is 5.32 Å². The number of carbonyl (C=O) groups is 1. The van der Waals surface area contributed by atoms with Crippen LogP contribution in [0.3, 0.4) is 0 Å². The van der Waals surface area contributed by atoms with E-state index in [0.29, 0.717) is 17.4 Å². The summed E-state index contributed by atoms with van der Waals surface area (Å²) < 4.78 is 41.1. The normalized spacial score (nSPS) is 11.8. The highest BCUT2D eigenvalue weighted by atomic mass is 35.5. The highest BCUT2D eigenvalue weighted by molar-refractivity contribution is 7.99. The molecule has 0 unspecified atom stereocenters. The van der Waals surface area contributed by atoms with Crippen LogP contribution in [0, 0.1) is 5.41 Å². The third-order valence-corrected chi connectivity index (χ3v) is 3.99. The second-order valence-electron chi connectivity index (χ2n) is 4.76. The molecule has 1 aromatic heterocycles. The van der Waals surface area contributed by atoms with Crippen LogP contribution in [0.25, 0.3) is 0 Å². The summed E-state index contributed by atoms with van der Waals surface area (Å²) in [6.07, 6.45) is -0.573. The van der Waals surface area contributed by atoms with Gasteiger partial charge in [0.15, 0.2) is 0 Å². The minimum absolute atomic E-state index is 0.00804. The Morgan fingerprint density at radius 2 is 2.27 bits per heavy atom. The monoisotopic (exact) mass is 410 g/mol. The number of carbonyl (C=O) groups excluding carboxylic acids is 1. The number of hydrogen-bond donors (Lipinski definition) is 2. The van der Waals surface area contributed by atoms with Crippen LogP contribution in [-0.2, 0) is 4.74 Å². The van der Waals surface area contributed by atoms with Crippen molar-refractivity contribution in [1.82, 2.24) is 9.88 Å². The molecule has 26 heavy (non-hydrogen) atoms. The number of aromatic nitrogens is 1. The first kappa shape index (κ1) is 22.1. The number of nitrogens with one attached hydrogen (secondary N) is 2. The molecule has 0 aliphatic heterocycles. The van der Waals surface area contributed by atoms with Gasteiger partial charge in [0, 0.05) is 24.7 Å². The van der Waals surface area contributed by atoms with Crippen molar-refractivity contribution in [2.45, 2.75) is 13.1 Å². The Balaban J connectivity index is 2.63. The van der Waals surface area contributed by atoms with E-state index in [0.717, 1.165) is 4.90 Å². The molecule has 1 amide bonds. The van der Waals surface area contributed by atoms with Gasteiger partial charge in [0.1, 0.15) is 11.8 Å². The smallest absolute Gasteiger partial charge is 0.414 e. The van der Waals surface area contributed by atoms with Gasteiger partial charge in [0.25, 0.3) is 0 Å². The molecular weight excluding hydrogens is 393 g/mol. The molecule has 1 aromatic rings. The predicted octanol–water partition coefficient (Wildman–Crippen LogP) is 4.30. The molecule has 0 spiro atoms. The number of nitrogens with zero attached hydrogens (tertiary/aromatic N) is 2. The molecule has 1 heterocycles. The van der Waals surface area contributed by atoms with Crippen molar-refractivity contribution < 1.29 is 22.7 Å². The largest absolute Gasteiger partial charge is 0.448 e. The van der Waals surface area contributed by atoms with E-state index < -0.39 is 23.2 Å². The van der Waals surface area contributed by atoms with Crippen LogP contribution in [0.5, 0.6) is 0 Å². The zero-order valence-corrected chi connectivity index (χ0v) is 15.4. The Hall–Kier alpha value is -1.94. The van der Waals surface area contributed by atoms with Crippen molar-refractivity contribution in [2.75, 3.05) is 30.0 Å². The lowest BCUT2D eigenvalue weighted by molar-refractivity contribution is -0.105. The molecule has 2 N–H and O–H groups in total. The Bertz CT molecular complexity index is 629. The third kappa shape index (κ3) is 8.43. The first-order chi connectivity index (χ1) is 12.2. The zero-order valence-electron chi connectivity index (χ0n) is 13.8. The average molecular weight is 411 g/mol. The van der Waals surface area contributed by atoms with Gasteiger partial charge < -0.3 is 10.1 Å². The molecule has 0 fully saturated rings. The van der Waals surface area contributed by atoms with Crippen LogP contribution in [0.4, 0.5) is 23.7 Å². The molecule has 0 saturated carbocycles. The Morgan fingerprint density at radius 1 is 1.54 bits per heavy atom. The Morgan fingerprint density at radius 3 is 2.81 bits per heavy atom. The standard InChI is InChI=1S/C15H18ClF3N4O2S/c1-2-23(14(24)25-6-7-26-10-15(17,18)19)12(13(16)20)9-22-11-4-3-5-21-8-11/h3-5,8-9,20,22H,2,6-7,10H2,1H3/b12-9+,20-13?. The summed E-state index contributed by atoms with van der Waals surface area (Å²) in [7, 11) is 0. The SMILES string of the molecule is CCN(C(=O)OCCSCC(F)(F)F)/C(=C/Nc1cccnc1)C(=N)Cl. The van der Waals surface area contributed by atoms with Crippen molar-refractivity contribution in [3.05, 3.63) is 36.4 Å². The average Bonchev–Trinajstić information content (AvgIpc) is 2.57. The molecule has 11 heteroatoms. The summed E-state index contributed by atoms with van der Waals surface area (Å²) >= 11 is 6.36. The fourth-order valence-corrected chi connectivity index (χ4v) is 2.44. The van der Waals surface area contributed by atoms with Gasteiger partial charge in [-0.25, -0.2) is 4.79 Å². The molecule has 6 nitrogen and oxygen atoms in total. The van der Waals surface area contributed by atoms with Crippen molar-refractivity contribution >= 4 is 40.3 Å². The molecule has 1 rings (SSSR count). The Kier molecular flexibility index (Phi) is 9.28. The van der Waals surface area contributed by atoms with Crippen molar-refractivity contribution in [1.29, 1.82) is 5.41 Å². The maximum Gasteiger partial charge on any atom is 0.414 e. The maximum atomic E-state index is 12.1. The number of pyridine rings is 1. The quantitative estimate of drug-likeness (QED) is 0.468. The first-order valence-corrected chi connectivity index (χ1v) is 8.97. The molecule has 0 radical (unpaired) electrons. The summed E-state index contributed by atoms with van der Waals surface area (Å²) in [5.41, 5.74) is 0.682. The second-order valence-corrected chi connectivity index (χ2v) is 6.24. The second kappa shape index (κ2) is 10.9. The van der Waals surface area contributed by atoms with Gasteiger partial charge in [-0.05, 0) is 19.1 Å². The van der Waals surface area contributed by atoms with Gasteiger partial charge in [-0.3, -0.25) is 15.3 Å². The van der Waals surface area contributed by atoms with Crippen LogP contribution in [0.15, 0.2) is 36.4 Å². The van der Waals surface area contributed by atoms with E-state index in [2.05, 4.69) is 10.3 Å². The minimum Gasteiger partial charge on any atom is -0.448 e. The maximum absolute atomic E-state index is 12.1. The van der Waals surface area contributed by atoms with E-state index in [9.17, 15) is 18.0 Å². The summed E-state index contributed by atoms with van der Waals surface area (Å²) in [6, 6.07) is 3.43. The number of rotatable bonds is 9. The van der Waals surface area contributed by atoms with E-state index in [1.807, 2.05) is 0 Å². The predicted molar refractivity (Wildman–Crippen MR) is 96.6 cm³/mol. The number of thioether (sulfide) groups is 1. The van der Waals surface area contributed by atoms with Crippen LogP contribution in [-0.4, -0.2) is 52.0 Å². The fraction of sp³-hybridized carbons (Fsp3) is 0.400. The lowest BCUT2D eigenvalue weighted by Gasteiger charge is -2.22. The Labute approximate surface area is 158 Å². The number of anilines is 1. The van der Waals surface area contributed by atoms with Crippen LogP contribution in [0.2, 0.25) is 0 Å². The summed E-state index contributed by atoms with van der Waals surface area (Å²) in [5.74, 6) is -0.997. The summed E-state index contributed by atoms with van der Waals surface area (Å²) in [4.78, 5) is 17.1. The van der Waals surface area contributed by atoms with E-state index in [1.165, 1.54) is 6.20 Å². The zero-order chi connectivity index (χ0) is 19.6. The van der Waals surface area contributed by atoms with Crippen molar-refractivity contribution in [3.8, 4) is 0 Å². The van der Waals surface area contributed by atoms with Gasteiger partial charge >= 0.3 is 12.3 Å². The highest BCUT2D eigenvalue weighted by Gasteiger charge is 2.27. The first-order valence-electron chi connectivity index (χ1n) is 7.44. The van der Waals surface area contributed by atoms with Gasteiger partial charge in [-0.2, -0.15) is 13.2 Å². The van der Waals surface area contributed by atoms with Gasteiger partial charge in [-0.15, -0.1) is 11.8 Å². The van der Waals surface area contributed by atoms with Crippen LogP contribution >= 0.6 is 23.4 Å². The number of halogens is 4. The number of ether oxygens (including phenoxy) is 1. The van der Waals surface area contributed by atoms with Gasteiger partial charge in [0.05, 0.1) is 23.3 Å². The third-order valence-electron chi connectivity index (χ3n) is 2.81. The summed E-state index contributed by atoms with van der Waals surface area (Å²) in [6.45, 7) is 1.62. The topological polar surface area (TPSA) is 78.3 Å². The summed E-state index contributed by atoms with van der Waals surface area (Å²) in [5, 5.41) is 10.1. The minimum atomic E-state index is -4.26. The van der Waals surface area contributed by atoms with E-state index in [1.54, 1.807) is 31.5 Å².